The molecule has 3 aromatic rings. The number of sulfone groups is 1. The average molecular weight is 409 g/mol. The Balaban J connectivity index is 2.13. The minimum Gasteiger partial charge on any atom is -0.310 e. The maximum atomic E-state index is 13.1. The summed E-state index contributed by atoms with van der Waals surface area (Å²) in [4.78, 5) is 19.0. The predicted octanol–water partition coefficient (Wildman–Crippen LogP) is 2.78. The maximum Gasteiger partial charge on any atom is 0.433 e. The molecule has 0 aliphatic heterocycles. The van der Waals surface area contributed by atoms with Crippen molar-refractivity contribution < 1.29 is 21.6 Å². The number of alkyl halides is 3. The average Bonchev–Trinajstić information content (AvgIpc) is 2.62. The van der Waals surface area contributed by atoms with Crippen LogP contribution in [0.5, 0.6) is 0 Å². The number of nitrogens with zero attached hydrogens (tertiary/aromatic N) is 3. The lowest BCUT2D eigenvalue weighted by molar-refractivity contribution is -0.141. The molecule has 2 heterocycles. The minimum atomic E-state index is -4.85. The predicted molar refractivity (Wildman–Crippen MR) is 95.4 cm³/mol. The number of aromatic nitrogens is 3. The summed E-state index contributed by atoms with van der Waals surface area (Å²) in [6, 6.07) is 12.1. The molecule has 146 valence electrons. The van der Waals surface area contributed by atoms with Gasteiger partial charge < -0.3 is 4.57 Å². The Labute approximate surface area is 158 Å². The molecular formula is C18H14F3N3O3S. The van der Waals surface area contributed by atoms with E-state index in [9.17, 15) is 26.4 Å². The highest BCUT2D eigenvalue weighted by atomic mass is 32.2. The zero-order valence-corrected chi connectivity index (χ0v) is 15.3. The van der Waals surface area contributed by atoms with E-state index in [1.807, 2.05) is 6.07 Å². The second kappa shape index (κ2) is 7.19. The van der Waals surface area contributed by atoms with Crippen LogP contribution in [0.25, 0.3) is 11.3 Å². The second-order valence-electron chi connectivity index (χ2n) is 6.06. The standard InChI is InChI=1S/C18H14F3N3O3S/c1-28(26,27)17-22-14(9-15(23-17)18(19,20)21)13-7-8-16(25)24(11-13)10-12-5-3-2-4-6-12/h2-9,11H,10H2,1H3. The van der Waals surface area contributed by atoms with Gasteiger partial charge in [0.25, 0.3) is 5.56 Å². The number of benzene rings is 1. The Hall–Kier alpha value is -3.01. The molecule has 0 spiro atoms. The van der Waals surface area contributed by atoms with E-state index >= 15 is 0 Å². The van der Waals surface area contributed by atoms with E-state index < -0.39 is 26.9 Å². The van der Waals surface area contributed by atoms with Gasteiger partial charge >= 0.3 is 6.18 Å². The molecule has 6 nitrogen and oxygen atoms in total. The number of hydrogen-bond donors (Lipinski definition) is 0. The molecule has 0 saturated heterocycles. The number of halogens is 3. The molecule has 10 heteroatoms. The first kappa shape index (κ1) is 19.7. The Morgan fingerprint density at radius 2 is 1.71 bits per heavy atom. The van der Waals surface area contributed by atoms with Gasteiger partial charge in [-0.15, -0.1) is 0 Å². The third kappa shape index (κ3) is 4.45. The van der Waals surface area contributed by atoms with Crippen molar-refractivity contribution in [1.29, 1.82) is 0 Å². The molecule has 0 amide bonds. The fourth-order valence-electron chi connectivity index (χ4n) is 2.47. The normalized spacial score (nSPS) is 12.1. The highest BCUT2D eigenvalue weighted by molar-refractivity contribution is 7.90. The zero-order valence-electron chi connectivity index (χ0n) is 14.5. The summed E-state index contributed by atoms with van der Waals surface area (Å²) in [6.07, 6.45) is -2.79. The van der Waals surface area contributed by atoms with E-state index in [0.29, 0.717) is 6.07 Å². The molecule has 2 aromatic heterocycles. The molecule has 0 bridgehead atoms. The van der Waals surface area contributed by atoms with E-state index in [4.69, 9.17) is 0 Å². The molecule has 0 atom stereocenters. The summed E-state index contributed by atoms with van der Waals surface area (Å²) in [5.74, 6) is 0. The maximum absolute atomic E-state index is 13.1. The van der Waals surface area contributed by atoms with Gasteiger partial charge in [0, 0.05) is 24.1 Å². The molecule has 3 rings (SSSR count). The molecular weight excluding hydrogens is 395 g/mol. The van der Waals surface area contributed by atoms with Crippen molar-refractivity contribution in [1.82, 2.24) is 14.5 Å². The summed E-state index contributed by atoms with van der Waals surface area (Å²) in [5.41, 5.74) is -1.00. The summed E-state index contributed by atoms with van der Waals surface area (Å²) in [5, 5.41) is -0.932. The fraction of sp³-hybridized carbons (Fsp3) is 0.167. The van der Waals surface area contributed by atoms with Crippen molar-refractivity contribution >= 4 is 9.84 Å². The van der Waals surface area contributed by atoms with Crippen LogP contribution in [0.4, 0.5) is 13.2 Å². The monoisotopic (exact) mass is 409 g/mol. The quantitative estimate of drug-likeness (QED) is 0.619. The SMILES string of the molecule is CS(=O)(=O)c1nc(-c2ccc(=O)n(Cc3ccccc3)c2)cc(C(F)(F)F)n1. The minimum absolute atomic E-state index is 0.160. The Bertz CT molecular complexity index is 1170. The Morgan fingerprint density at radius 1 is 1.04 bits per heavy atom. The molecule has 1 aromatic carbocycles. The van der Waals surface area contributed by atoms with Crippen molar-refractivity contribution in [2.45, 2.75) is 17.9 Å². The lowest BCUT2D eigenvalue weighted by Gasteiger charge is -2.11. The van der Waals surface area contributed by atoms with E-state index in [1.165, 1.54) is 22.9 Å². The number of hydrogen-bond acceptors (Lipinski definition) is 5. The van der Waals surface area contributed by atoms with Gasteiger partial charge in [-0.3, -0.25) is 4.79 Å². The van der Waals surface area contributed by atoms with Crippen LogP contribution in [0, 0.1) is 0 Å². The van der Waals surface area contributed by atoms with Crippen LogP contribution >= 0.6 is 0 Å². The molecule has 0 aliphatic rings. The van der Waals surface area contributed by atoms with Crippen LogP contribution in [0.3, 0.4) is 0 Å². The lowest BCUT2D eigenvalue weighted by atomic mass is 10.1. The second-order valence-corrected chi connectivity index (χ2v) is 7.97. The third-order valence-corrected chi connectivity index (χ3v) is 4.65. The highest BCUT2D eigenvalue weighted by Crippen LogP contribution is 2.30. The summed E-state index contributed by atoms with van der Waals surface area (Å²) in [7, 11) is -4.07. The van der Waals surface area contributed by atoms with Crippen LogP contribution in [0.15, 0.2) is 64.7 Å². The molecule has 0 saturated carbocycles. The topological polar surface area (TPSA) is 81.9 Å². The molecule has 0 N–H and O–H groups in total. The Kier molecular flexibility index (Phi) is 5.07. The lowest BCUT2D eigenvalue weighted by Crippen LogP contribution is -2.19. The fourth-order valence-corrected chi connectivity index (χ4v) is 3.00. The molecule has 0 radical (unpaired) electrons. The van der Waals surface area contributed by atoms with Crippen LogP contribution in [-0.2, 0) is 22.6 Å². The zero-order chi connectivity index (χ0) is 20.5. The highest BCUT2D eigenvalue weighted by Gasteiger charge is 2.34. The van der Waals surface area contributed by atoms with Gasteiger partial charge in [-0.2, -0.15) is 13.2 Å². The molecule has 0 fully saturated rings. The van der Waals surface area contributed by atoms with Crippen LogP contribution in [-0.4, -0.2) is 29.2 Å². The molecule has 28 heavy (non-hydrogen) atoms. The number of pyridine rings is 1. The third-order valence-electron chi connectivity index (χ3n) is 3.80. The van der Waals surface area contributed by atoms with E-state index in [1.54, 1.807) is 24.3 Å². The van der Waals surface area contributed by atoms with Gasteiger partial charge in [-0.1, -0.05) is 30.3 Å². The summed E-state index contributed by atoms with van der Waals surface area (Å²) < 4.78 is 64.2. The number of rotatable bonds is 4. The largest absolute Gasteiger partial charge is 0.433 e. The van der Waals surface area contributed by atoms with Crippen molar-refractivity contribution in [3.63, 3.8) is 0 Å². The van der Waals surface area contributed by atoms with Gasteiger partial charge in [-0.25, -0.2) is 18.4 Å². The summed E-state index contributed by atoms with van der Waals surface area (Å²) in [6.45, 7) is 0.198. The summed E-state index contributed by atoms with van der Waals surface area (Å²) >= 11 is 0. The Morgan fingerprint density at radius 3 is 2.32 bits per heavy atom. The first-order chi connectivity index (χ1) is 13.0. The molecule has 0 aliphatic carbocycles. The van der Waals surface area contributed by atoms with Crippen LogP contribution < -0.4 is 5.56 Å². The van der Waals surface area contributed by atoms with Crippen LogP contribution in [0.2, 0.25) is 0 Å². The van der Waals surface area contributed by atoms with Gasteiger partial charge in [0.15, 0.2) is 0 Å². The van der Waals surface area contributed by atoms with Gasteiger partial charge in [0.1, 0.15) is 5.69 Å². The van der Waals surface area contributed by atoms with Gasteiger partial charge in [0.05, 0.1) is 12.2 Å². The van der Waals surface area contributed by atoms with E-state index in [0.717, 1.165) is 11.8 Å². The first-order valence-corrected chi connectivity index (χ1v) is 9.84. The smallest absolute Gasteiger partial charge is 0.310 e. The van der Waals surface area contributed by atoms with Gasteiger partial charge in [0.2, 0.25) is 15.0 Å². The van der Waals surface area contributed by atoms with Crippen molar-refractivity contribution in [2.75, 3.05) is 6.26 Å². The first-order valence-electron chi connectivity index (χ1n) is 7.95. The van der Waals surface area contributed by atoms with Crippen LogP contribution in [0.1, 0.15) is 11.3 Å². The van der Waals surface area contributed by atoms with E-state index in [-0.39, 0.29) is 23.4 Å². The van der Waals surface area contributed by atoms with E-state index in [2.05, 4.69) is 9.97 Å². The molecule has 0 unspecified atom stereocenters. The van der Waals surface area contributed by atoms with Gasteiger partial charge in [-0.05, 0) is 17.7 Å². The van der Waals surface area contributed by atoms with Crippen molar-refractivity contribution in [3.05, 3.63) is 76.3 Å². The van der Waals surface area contributed by atoms with Crippen molar-refractivity contribution in [3.8, 4) is 11.3 Å². The van der Waals surface area contributed by atoms with Crippen molar-refractivity contribution in [2.24, 2.45) is 0 Å².